The summed E-state index contributed by atoms with van der Waals surface area (Å²) in [6, 6.07) is 15.0. The molecule has 102 valence electrons. The molecule has 0 fully saturated rings. The third-order valence-corrected chi connectivity index (χ3v) is 3.83. The second kappa shape index (κ2) is 6.53. The lowest BCUT2D eigenvalue weighted by Crippen LogP contribution is -1.97. The summed E-state index contributed by atoms with van der Waals surface area (Å²) in [6.07, 6.45) is 1.23. The van der Waals surface area contributed by atoms with Crippen LogP contribution in [0.25, 0.3) is 11.1 Å². The summed E-state index contributed by atoms with van der Waals surface area (Å²) in [5.74, 6) is 0. The summed E-state index contributed by atoms with van der Waals surface area (Å²) in [6.45, 7) is 6.02. The van der Waals surface area contributed by atoms with Crippen LogP contribution in [0.2, 0.25) is 0 Å². The number of hydrogen-bond donors (Lipinski definition) is 0. The normalized spacial score (nSPS) is 10.5. The quantitative estimate of drug-likeness (QED) is 0.828. The minimum Gasteiger partial charge on any atom is -0.224 e. The molecule has 2 nitrogen and oxygen atoms in total. The van der Waals surface area contributed by atoms with Gasteiger partial charge in [0.05, 0.1) is 4.90 Å². The number of hydrogen-bond acceptors (Lipinski definition) is 2. The van der Waals surface area contributed by atoms with E-state index in [1.807, 2.05) is 51.1 Å². The lowest BCUT2D eigenvalue weighted by atomic mass is 10.0. The van der Waals surface area contributed by atoms with Gasteiger partial charge in [-0.05, 0) is 35.7 Å². The Morgan fingerprint density at radius 1 is 0.895 bits per heavy atom. The van der Waals surface area contributed by atoms with Gasteiger partial charge in [-0.1, -0.05) is 50.2 Å². The summed E-state index contributed by atoms with van der Waals surface area (Å²) >= 11 is 0. The summed E-state index contributed by atoms with van der Waals surface area (Å²) in [7, 11) is -3.15. The molecule has 0 saturated carbocycles. The zero-order chi connectivity index (χ0) is 14.5. The summed E-state index contributed by atoms with van der Waals surface area (Å²) in [5.41, 5.74) is 3.14. The molecule has 2 aromatic rings. The monoisotopic (exact) mass is 276 g/mol. The zero-order valence-corrected chi connectivity index (χ0v) is 12.7. The van der Waals surface area contributed by atoms with Crippen LogP contribution in [0.1, 0.15) is 19.4 Å². The Balaban J connectivity index is 0.000000861. The highest BCUT2D eigenvalue weighted by atomic mass is 32.2. The fourth-order valence-corrected chi connectivity index (χ4v) is 2.46. The van der Waals surface area contributed by atoms with Crippen LogP contribution in [-0.4, -0.2) is 14.7 Å². The van der Waals surface area contributed by atoms with Gasteiger partial charge >= 0.3 is 0 Å². The number of aryl methyl sites for hydroxylation is 1. The van der Waals surface area contributed by atoms with E-state index < -0.39 is 9.84 Å². The molecule has 3 heteroatoms. The Bertz CT molecular complexity index is 643. The highest BCUT2D eigenvalue weighted by Gasteiger charge is 2.08. The molecule has 0 saturated heterocycles. The van der Waals surface area contributed by atoms with E-state index in [-0.39, 0.29) is 0 Å². The second-order valence-electron chi connectivity index (χ2n) is 4.11. The average molecular weight is 276 g/mol. The van der Waals surface area contributed by atoms with E-state index in [1.54, 1.807) is 18.2 Å². The molecular weight excluding hydrogens is 256 g/mol. The van der Waals surface area contributed by atoms with Crippen molar-refractivity contribution < 1.29 is 8.42 Å². The van der Waals surface area contributed by atoms with Crippen molar-refractivity contribution in [2.45, 2.75) is 25.7 Å². The molecule has 0 aromatic heterocycles. The molecular formula is C16H20O2S. The average Bonchev–Trinajstić information content (AvgIpc) is 2.41. The Kier molecular flexibility index (Phi) is 5.31. The first kappa shape index (κ1) is 15.4. The maximum Gasteiger partial charge on any atom is 0.175 e. The summed E-state index contributed by atoms with van der Waals surface area (Å²) in [4.78, 5) is 0.359. The number of sulfone groups is 1. The molecule has 0 aliphatic heterocycles. The van der Waals surface area contributed by atoms with Gasteiger partial charge in [-0.2, -0.15) is 0 Å². The van der Waals surface area contributed by atoms with Crippen LogP contribution in [0.4, 0.5) is 0 Å². The maximum absolute atomic E-state index is 11.5. The van der Waals surface area contributed by atoms with Crippen LogP contribution in [-0.2, 0) is 9.84 Å². The summed E-state index contributed by atoms with van der Waals surface area (Å²) in [5, 5.41) is 0. The highest BCUT2D eigenvalue weighted by molar-refractivity contribution is 7.90. The molecule has 0 unspecified atom stereocenters. The number of rotatable bonds is 2. The van der Waals surface area contributed by atoms with Crippen LogP contribution < -0.4 is 0 Å². The van der Waals surface area contributed by atoms with Gasteiger partial charge < -0.3 is 0 Å². The van der Waals surface area contributed by atoms with Crippen LogP contribution in [0.3, 0.4) is 0 Å². The molecule has 0 bridgehead atoms. The van der Waals surface area contributed by atoms with Crippen molar-refractivity contribution in [1.29, 1.82) is 0 Å². The Morgan fingerprint density at radius 3 is 2.11 bits per heavy atom. The summed E-state index contributed by atoms with van der Waals surface area (Å²) < 4.78 is 23.0. The van der Waals surface area contributed by atoms with E-state index >= 15 is 0 Å². The number of benzene rings is 2. The molecule has 2 rings (SSSR count). The van der Waals surface area contributed by atoms with Gasteiger partial charge in [0, 0.05) is 6.26 Å². The topological polar surface area (TPSA) is 34.1 Å². The first-order chi connectivity index (χ1) is 8.98. The van der Waals surface area contributed by atoms with E-state index in [4.69, 9.17) is 0 Å². The fourth-order valence-electron chi connectivity index (χ4n) is 1.79. The fraction of sp³-hybridized carbons (Fsp3) is 0.250. The maximum atomic E-state index is 11.5. The van der Waals surface area contributed by atoms with Gasteiger partial charge in [-0.15, -0.1) is 0 Å². The SMILES string of the molecule is CC.Cc1ccccc1-c1cccc(S(C)(=O)=O)c1. The molecule has 0 amide bonds. The van der Waals surface area contributed by atoms with Crippen molar-refractivity contribution in [1.82, 2.24) is 0 Å². The van der Waals surface area contributed by atoms with E-state index in [0.29, 0.717) is 4.90 Å². The van der Waals surface area contributed by atoms with Crippen molar-refractivity contribution in [3.63, 3.8) is 0 Å². The van der Waals surface area contributed by atoms with Crippen molar-refractivity contribution in [3.05, 3.63) is 54.1 Å². The van der Waals surface area contributed by atoms with Gasteiger partial charge in [0.1, 0.15) is 0 Å². The van der Waals surface area contributed by atoms with Crippen molar-refractivity contribution >= 4 is 9.84 Å². The highest BCUT2D eigenvalue weighted by Crippen LogP contribution is 2.25. The van der Waals surface area contributed by atoms with Gasteiger partial charge in [0.25, 0.3) is 0 Å². The molecule has 2 aromatic carbocycles. The molecule has 0 radical (unpaired) electrons. The van der Waals surface area contributed by atoms with Crippen molar-refractivity contribution in [3.8, 4) is 11.1 Å². The lowest BCUT2D eigenvalue weighted by Gasteiger charge is -2.07. The lowest BCUT2D eigenvalue weighted by molar-refractivity contribution is 0.602. The molecule has 0 N–H and O–H groups in total. The minimum absolute atomic E-state index is 0.359. The molecule has 0 aliphatic rings. The van der Waals surface area contributed by atoms with Crippen LogP contribution >= 0.6 is 0 Å². The first-order valence-electron chi connectivity index (χ1n) is 6.34. The largest absolute Gasteiger partial charge is 0.224 e. The van der Waals surface area contributed by atoms with Gasteiger partial charge in [0.2, 0.25) is 0 Å². The van der Waals surface area contributed by atoms with E-state index in [0.717, 1.165) is 16.7 Å². The minimum atomic E-state index is -3.15. The van der Waals surface area contributed by atoms with Crippen molar-refractivity contribution in [2.75, 3.05) is 6.26 Å². The van der Waals surface area contributed by atoms with Gasteiger partial charge in [0.15, 0.2) is 9.84 Å². The Morgan fingerprint density at radius 2 is 1.53 bits per heavy atom. The van der Waals surface area contributed by atoms with Crippen molar-refractivity contribution in [2.24, 2.45) is 0 Å². The standard InChI is InChI=1S/C14H14O2S.C2H6/c1-11-6-3-4-9-14(11)12-7-5-8-13(10-12)17(2,15)16;1-2/h3-10H,1-2H3;1-2H3. The van der Waals surface area contributed by atoms with E-state index in [1.165, 1.54) is 6.26 Å². The molecule has 0 heterocycles. The van der Waals surface area contributed by atoms with Crippen LogP contribution in [0.5, 0.6) is 0 Å². The second-order valence-corrected chi connectivity index (χ2v) is 6.13. The Labute approximate surface area is 116 Å². The van der Waals surface area contributed by atoms with Crippen LogP contribution in [0, 0.1) is 6.92 Å². The zero-order valence-electron chi connectivity index (χ0n) is 11.8. The van der Waals surface area contributed by atoms with Crippen LogP contribution in [0.15, 0.2) is 53.4 Å². The van der Waals surface area contributed by atoms with Gasteiger partial charge in [-0.3, -0.25) is 0 Å². The predicted molar refractivity (Wildman–Crippen MR) is 81.1 cm³/mol. The smallest absolute Gasteiger partial charge is 0.175 e. The van der Waals surface area contributed by atoms with E-state index in [2.05, 4.69) is 0 Å². The van der Waals surface area contributed by atoms with E-state index in [9.17, 15) is 8.42 Å². The third kappa shape index (κ3) is 3.93. The molecule has 0 atom stereocenters. The Hall–Kier alpha value is -1.61. The van der Waals surface area contributed by atoms with Gasteiger partial charge in [-0.25, -0.2) is 8.42 Å². The molecule has 0 spiro atoms. The molecule has 19 heavy (non-hydrogen) atoms. The molecule has 0 aliphatic carbocycles. The predicted octanol–water partition coefficient (Wildman–Crippen LogP) is 4.09. The first-order valence-corrected chi connectivity index (χ1v) is 8.24. The third-order valence-electron chi connectivity index (χ3n) is 2.72.